The average molecular weight is 331 g/mol. The molecular weight excluding hydrogens is 306 g/mol. The van der Waals surface area contributed by atoms with E-state index in [1.165, 1.54) is 12.0 Å². The second-order valence-electron chi connectivity index (χ2n) is 6.09. The van der Waals surface area contributed by atoms with Crippen LogP contribution >= 0.6 is 0 Å². The predicted octanol–water partition coefficient (Wildman–Crippen LogP) is 2.78. The molecule has 24 heavy (non-hydrogen) atoms. The molecule has 1 aliphatic rings. The normalized spacial score (nSPS) is 17.9. The smallest absolute Gasteiger partial charge is 0.130 e. The Balaban J connectivity index is 1.89. The van der Waals surface area contributed by atoms with Crippen LogP contribution in [0, 0.1) is 0 Å². The molecule has 3 rings (SSSR count). The van der Waals surface area contributed by atoms with Gasteiger partial charge in [-0.25, -0.2) is 0 Å². The zero-order valence-corrected chi connectivity index (χ0v) is 14.8. The Kier molecular flexibility index (Phi) is 4.94. The second kappa shape index (κ2) is 7.13. The van der Waals surface area contributed by atoms with Gasteiger partial charge in [-0.1, -0.05) is 0 Å². The van der Waals surface area contributed by atoms with Gasteiger partial charge in [0.25, 0.3) is 0 Å². The van der Waals surface area contributed by atoms with E-state index in [9.17, 15) is 0 Å². The lowest BCUT2D eigenvalue weighted by molar-refractivity contribution is 0.239. The lowest BCUT2D eigenvalue weighted by atomic mass is 10.1. The monoisotopic (exact) mass is 331 g/mol. The predicted molar refractivity (Wildman–Crippen MR) is 91.7 cm³/mol. The number of ether oxygens (including phenoxy) is 3. The van der Waals surface area contributed by atoms with Gasteiger partial charge in [-0.2, -0.15) is 5.10 Å². The van der Waals surface area contributed by atoms with Gasteiger partial charge in [-0.05, 0) is 19.4 Å². The maximum Gasteiger partial charge on any atom is 0.130 e. The van der Waals surface area contributed by atoms with Crippen LogP contribution in [0.2, 0.25) is 0 Å². The van der Waals surface area contributed by atoms with Crippen LogP contribution in [-0.4, -0.2) is 42.6 Å². The fourth-order valence-electron chi connectivity index (χ4n) is 3.44. The molecule has 1 fully saturated rings. The summed E-state index contributed by atoms with van der Waals surface area (Å²) >= 11 is 0. The molecule has 2 aromatic rings. The molecule has 2 heterocycles. The number of aryl methyl sites for hydroxylation is 1. The van der Waals surface area contributed by atoms with Crippen LogP contribution in [-0.2, 0) is 13.6 Å². The van der Waals surface area contributed by atoms with Crippen molar-refractivity contribution in [2.45, 2.75) is 25.4 Å². The molecule has 0 amide bonds. The van der Waals surface area contributed by atoms with E-state index < -0.39 is 0 Å². The summed E-state index contributed by atoms with van der Waals surface area (Å²) < 4.78 is 18.4. The van der Waals surface area contributed by atoms with Gasteiger partial charge in [0.1, 0.15) is 17.2 Å². The summed E-state index contributed by atoms with van der Waals surface area (Å²) in [4.78, 5) is 2.46. The van der Waals surface area contributed by atoms with Gasteiger partial charge in [-0.15, -0.1) is 0 Å². The largest absolute Gasteiger partial charge is 0.496 e. The molecule has 0 radical (unpaired) electrons. The Morgan fingerprint density at radius 1 is 1.12 bits per heavy atom. The lowest BCUT2D eigenvalue weighted by Crippen LogP contribution is -2.23. The number of benzene rings is 1. The van der Waals surface area contributed by atoms with E-state index in [0.717, 1.165) is 42.3 Å². The van der Waals surface area contributed by atoms with Crippen LogP contribution in [0.5, 0.6) is 17.2 Å². The minimum absolute atomic E-state index is 0.384. The van der Waals surface area contributed by atoms with Crippen LogP contribution in [0.3, 0.4) is 0 Å². The van der Waals surface area contributed by atoms with Gasteiger partial charge < -0.3 is 14.2 Å². The molecule has 1 saturated heterocycles. The highest BCUT2D eigenvalue weighted by atomic mass is 16.5. The van der Waals surface area contributed by atoms with Crippen molar-refractivity contribution in [2.75, 3.05) is 27.9 Å². The molecule has 0 N–H and O–H groups in total. The molecule has 0 spiro atoms. The Morgan fingerprint density at radius 2 is 1.83 bits per heavy atom. The first kappa shape index (κ1) is 16.6. The molecule has 1 aromatic carbocycles. The minimum Gasteiger partial charge on any atom is -0.496 e. The van der Waals surface area contributed by atoms with Crippen molar-refractivity contribution < 1.29 is 14.2 Å². The van der Waals surface area contributed by atoms with Crippen LogP contribution in [0.25, 0.3) is 0 Å². The van der Waals surface area contributed by atoms with Crippen molar-refractivity contribution >= 4 is 0 Å². The molecule has 0 bridgehead atoms. The maximum atomic E-state index is 5.58. The first-order valence-corrected chi connectivity index (χ1v) is 8.17. The average Bonchev–Trinajstić information content (AvgIpc) is 3.23. The number of aromatic nitrogens is 2. The molecule has 130 valence electrons. The highest BCUT2D eigenvalue weighted by molar-refractivity contribution is 5.50. The number of hydrogen-bond donors (Lipinski definition) is 0. The third-order valence-corrected chi connectivity index (χ3v) is 4.65. The summed E-state index contributed by atoms with van der Waals surface area (Å²) in [5, 5.41) is 4.32. The molecular formula is C18H25N3O3. The standard InChI is InChI=1S/C18H25N3O3/c1-20-11-13(10-19-20)16-6-5-7-21(16)12-15-17(23-3)8-14(22-2)9-18(15)24-4/h8-11,16H,5-7,12H2,1-4H3/t16-/m1/s1. The molecule has 1 aliphatic heterocycles. The van der Waals surface area contributed by atoms with Crippen LogP contribution in [0.1, 0.15) is 30.0 Å². The Bertz CT molecular complexity index is 674. The number of hydrogen-bond acceptors (Lipinski definition) is 5. The summed E-state index contributed by atoms with van der Waals surface area (Å²) in [6, 6.07) is 4.20. The maximum absolute atomic E-state index is 5.58. The van der Waals surface area contributed by atoms with E-state index in [2.05, 4.69) is 16.2 Å². The van der Waals surface area contributed by atoms with Gasteiger partial charge in [-0.3, -0.25) is 9.58 Å². The lowest BCUT2D eigenvalue weighted by Gasteiger charge is -2.25. The molecule has 1 aromatic heterocycles. The van der Waals surface area contributed by atoms with Crippen LogP contribution in [0.4, 0.5) is 0 Å². The van der Waals surface area contributed by atoms with Crippen molar-refractivity contribution in [2.24, 2.45) is 7.05 Å². The first-order valence-electron chi connectivity index (χ1n) is 8.17. The minimum atomic E-state index is 0.384. The van der Waals surface area contributed by atoms with Gasteiger partial charge in [0.2, 0.25) is 0 Å². The highest BCUT2D eigenvalue weighted by Crippen LogP contribution is 2.39. The quantitative estimate of drug-likeness (QED) is 0.815. The summed E-state index contributed by atoms with van der Waals surface area (Å²) in [6.07, 6.45) is 6.39. The van der Waals surface area contributed by atoms with Crippen molar-refractivity contribution in [3.8, 4) is 17.2 Å². The summed E-state index contributed by atoms with van der Waals surface area (Å²) in [5.41, 5.74) is 2.32. The van der Waals surface area contributed by atoms with E-state index in [-0.39, 0.29) is 0 Å². The van der Waals surface area contributed by atoms with Gasteiger partial charge in [0.05, 0.1) is 33.1 Å². The van der Waals surface area contributed by atoms with Crippen molar-refractivity contribution in [3.05, 3.63) is 35.7 Å². The number of likely N-dealkylation sites (tertiary alicyclic amines) is 1. The zero-order chi connectivity index (χ0) is 17.1. The van der Waals surface area contributed by atoms with Crippen LogP contribution in [0.15, 0.2) is 24.5 Å². The Hall–Kier alpha value is -2.21. The fraction of sp³-hybridized carbons (Fsp3) is 0.500. The third-order valence-electron chi connectivity index (χ3n) is 4.65. The van der Waals surface area contributed by atoms with E-state index in [1.54, 1.807) is 21.3 Å². The summed E-state index contributed by atoms with van der Waals surface area (Å²) in [6.45, 7) is 1.83. The second-order valence-corrected chi connectivity index (χ2v) is 6.09. The SMILES string of the molecule is COc1cc(OC)c(CN2CCC[C@@H]2c2cnn(C)c2)c(OC)c1. The third kappa shape index (κ3) is 3.19. The van der Waals surface area contributed by atoms with Crippen molar-refractivity contribution in [3.63, 3.8) is 0 Å². The zero-order valence-electron chi connectivity index (χ0n) is 14.8. The van der Waals surface area contributed by atoms with E-state index in [1.807, 2.05) is 30.1 Å². The molecule has 1 atom stereocenters. The fourth-order valence-corrected chi connectivity index (χ4v) is 3.44. The number of rotatable bonds is 6. The summed E-state index contributed by atoms with van der Waals surface area (Å²) in [7, 11) is 6.96. The van der Waals surface area contributed by atoms with Crippen molar-refractivity contribution in [1.82, 2.24) is 14.7 Å². The van der Waals surface area contributed by atoms with Gasteiger partial charge in [0, 0.05) is 43.5 Å². The van der Waals surface area contributed by atoms with E-state index in [0.29, 0.717) is 6.04 Å². The molecule has 0 unspecified atom stereocenters. The molecule has 0 saturated carbocycles. The van der Waals surface area contributed by atoms with E-state index >= 15 is 0 Å². The van der Waals surface area contributed by atoms with Crippen molar-refractivity contribution in [1.29, 1.82) is 0 Å². The molecule has 6 heteroatoms. The van der Waals surface area contributed by atoms with Gasteiger partial charge >= 0.3 is 0 Å². The highest BCUT2D eigenvalue weighted by Gasteiger charge is 2.29. The first-order chi connectivity index (χ1) is 11.7. The molecule has 6 nitrogen and oxygen atoms in total. The Labute approximate surface area is 142 Å². The summed E-state index contributed by atoms with van der Waals surface area (Å²) in [5.74, 6) is 2.32. The van der Waals surface area contributed by atoms with Crippen LogP contribution < -0.4 is 14.2 Å². The topological polar surface area (TPSA) is 48.8 Å². The molecule has 0 aliphatic carbocycles. The Morgan fingerprint density at radius 3 is 2.38 bits per heavy atom. The van der Waals surface area contributed by atoms with Gasteiger partial charge in [0.15, 0.2) is 0 Å². The number of methoxy groups -OCH3 is 3. The number of nitrogens with zero attached hydrogens (tertiary/aromatic N) is 3. The van der Waals surface area contributed by atoms with E-state index in [4.69, 9.17) is 14.2 Å².